The number of ether oxygens (including phenoxy) is 1. The molecule has 1 aliphatic rings. The van der Waals surface area contributed by atoms with Crippen LogP contribution in [0.25, 0.3) is 0 Å². The lowest BCUT2D eigenvalue weighted by Crippen LogP contribution is -2.28. The molecule has 0 bridgehead atoms. The van der Waals surface area contributed by atoms with Crippen molar-refractivity contribution in [1.82, 2.24) is 0 Å². The van der Waals surface area contributed by atoms with E-state index < -0.39 is 0 Å². The molecule has 3 heteroatoms. The summed E-state index contributed by atoms with van der Waals surface area (Å²) in [7, 11) is 0. The lowest BCUT2D eigenvalue weighted by atomic mass is 9.82. The molecule has 2 rings (SSSR count). The monoisotopic (exact) mass is 276 g/mol. The van der Waals surface area contributed by atoms with Gasteiger partial charge in [-0.15, -0.1) is 0 Å². The SMILES string of the molecule is CC1CC(C)CC(Oc2ccc(F)cc2C#CCO)C1. The summed E-state index contributed by atoms with van der Waals surface area (Å²) < 4.78 is 19.3. The van der Waals surface area contributed by atoms with Gasteiger partial charge in [-0.25, -0.2) is 4.39 Å². The second kappa shape index (κ2) is 6.76. The van der Waals surface area contributed by atoms with Crippen LogP contribution in [0.1, 0.15) is 38.7 Å². The van der Waals surface area contributed by atoms with Crippen LogP contribution >= 0.6 is 0 Å². The van der Waals surface area contributed by atoms with Crippen molar-refractivity contribution in [3.05, 3.63) is 29.6 Å². The maximum Gasteiger partial charge on any atom is 0.135 e. The number of aliphatic hydroxyl groups excluding tert-OH is 1. The fraction of sp³-hybridized carbons (Fsp3) is 0.529. The topological polar surface area (TPSA) is 29.5 Å². The first kappa shape index (κ1) is 14.9. The third-order valence-corrected chi connectivity index (χ3v) is 3.67. The standard InChI is InChI=1S/C17H21FO2/c1-12-8-13(2)10-16(9-12)20-17-6-5-15(18)11-14(17)4-3-7-19/h5-6,11-13,16,19H,7-10H2,1-2H3. The van der Waals surface area contributed by atoms with Crippen LogP contribution in [0.3, 0.4) is 0 Å². The second-order valence-corrected chi connectivity index (χ2v) is 5.76. The van der Waals surface area contributed by atoms with Crippen LogP contribution in [-0.4, -0.2) is 17.8 Å². The normalized spacial score (nSPS) is 25.7. The highest BCUT2D eigenvalue weighted by Crippen LogP contribution is 2.32. The highest BCUT2D eigenvalue weighted by atomic mass is 19.1. The van der Waals surface area contributed by atoms with Crippen molar-refractivity contribution < 1.29 is 14.2 Å². The minimum Gasteiger partial charge on any atom is -0.489 e. The maximum absolute atomic E-state index is 13.3. The molecule has 0 radical (unpaired) electrons. The molecule has 2 atom stereocenters. The van der Waals surface area contributed by atoms with Crippen molar-refractivity contribution in [2.24, 2.45) is 11.8 Å². The Bertz CT molecular complexity index is 505. The van der Waals surface area contributed by atoms with Gasteiger partial charge in [0.15, 0.2) is 0 Å². The van der Waals surface area contributed by atoms with Gasteiger partial charge in [0.1, 0.15) is 18.2 Å². The van der Waals surface area contributed by atoms with Gasteiger partial charge in [0.05, 0.1) is 11.7 Å². The van der Waals surface area contributed by atoms with Crippen LogP contribution in [0.5, 0.6) is 5.75 Å². The molecule has 1 fully saturated rings. The van der Waals surface area contributed by atoms with Crippen molar-refractivity contribution in [2.75, 3.05) is 6.61 Å². The van der Waals surface area contributed by atoms with E-state index in [-0.39, 0.29) is 18.5 Å². The molecule has 1 aliphatic carbocycles. The lowest BCUT2D eigenvalue weighted by molar-refractivity contribution is 0.101. The van der Waals surface area contributed by atoms with E-state index in [2.05, 4.69) is 25.7 Å². The maximum atomic E-state index is 13.3. The molecule has 1 aromatic carbocycles. The van der Waals surface area contributed by atoms with Crippen LogP contribution in [-0.2, 0) is 0 Å². The van der Waals surface area contributed by atoms with E-state index >= 15 is 0 Å². The summed E-state index contributed by atoms with van der Waals surface area (Å²) in [6.07, 6.45) is 3.44. The molecule has 20 heavy (non-hydrogen) atoms. The van der Waals surface area contributed by atoms with Crippen LogP contribution in [0.4, 0.5) is 4.39 Å². The number of hydrogen-bond acceptors (Lipinski definition) is 2. The van der Waals surface area contributed by atoms with Crippen LogP contribution in [0, 0.1) is 29.5 Å². The minimum atomic E-state index is -0.343. The first-order valence-electron chi connectivity index (χ1n) is 7.14. The van der Waals surface area contributed by atoms with E-state index in [9.17, 15) is 4.39 Å². The molecule has 1 saturated carbocycles. The largest absolute Gasteiger partial charge is 0.489 e. The van der Waals surface area contributed by atoms with Gasteiger partial charge in [0.2, 0.25) is 0 Å². The van der Waals surface area contributed by atoms with Gasteiger partial charge in [0, 0.05) is 0 Å². The number of hydrogen-bond donors (Lipinski definition) is 1. The average molecular weight is 276 g/mol. The van der Waals surface area contributed by atoms with Gasteiger partial charge in [-0.1, -0.05) is 25.7 Å². The zero-order valence-corrected chi connectivity index (χ0v) is 12.0. The van der Waals surface area contributed by atoms with E-state index in [1.54, 1.807) is 6.07 Å². The molecule has 1 aromatic rings. The van der Waals surface area contributed by atoms with E-state index in [0.29, 0.717) is 23.1 Å². The summed E-state index contributed by atoms with van der Waals surface area (Å²) >= 11 is 0. The predicted octanol–water partition coefficient (Wildman–Crippen LogP) is 3.37. The quantitative estimate of drug-likeness (QED) is 0.839. The fourth-order valence-corrected chi connectivity index (χ4v) is 2.99. The summed E-state index contributed by atoms with van der Waals surface area (Å²) in [6, 6.07) is 4.36. The van der Waals surface area contributed by atoms with Crippen LogP contribution in [0.2, 0.25) is 0 Å². The molecule has 1 N–H and O–H groups in total. The lowest BCUT2D eigenvalue weighted by Gasteiger charge is -2.32. The van der Waals surface area contributed by atoms with E-state index in [1.165, 1.54) is 18.6 Å². The second-order valence-electron chi connectivity index (χ2n) is 5.76. The number of rotatable bonds is 2. The van der Waals surface area contributed by atoms with Crippen molar-refractivity contribution in [2.45, 2.75) is 39.2 Å². The van der Waals surface area contributed by atoms with Gasteiger partial charge in [-0.3, -0.25) is 0 Å². The van der Waals surface area contributed by atoms with Gasteiger partial charge in [-0.05, 0) is 49.3 Å². The molecule has 2 unspecified atom stereocenters. The minimum absolute atomic E-state index is 0.161. The summed E-state index contributed by atoms with van der Waals surface area (Å²) in [6.45, 7) is 4.24. The van der Waals surface area contributed by atoms with Crippen molar-refractivity contribution in [1.29, 1.82) is 0 Å². The molecule has 0 spiro atoms. The first-order chi connectivity index (χ1) is 9.58. The van der Waals surface area contributed by atoms with Crippen LogP contribution < -0.4 is 4.74 Å². The molecular weight excluding hydrogens is 255 g/mol. The zero-order valence-electron chi connectivity index (χ0n) is 12.0. The van der Waals surface area contributed by atoms with E-state index in [0.717, 1.165) is 12.8 Å². The highest BCUT2D eigenvalue weighted by molar-refractivity contribution is 5.46. The highest BCUT2D eigenvalue weighted by Gasteiger charge is 2.25. The molecule has 2 nitrogen and oxygen atoms in total. The summed E-state index contributed by atoms with van der Waals surface area (Å²) in [5, 5.41) is 8.77. The molecule has 108 valence electrons. The Morgan fingerprint density at radius 3 is 2.60 bits per heavy atom. The number of aliphatic hydroxyl groups is 1. The Labute approximate surface area is 120 Å². The summed E-state index contributed by atoms with van der Waals surface area (Å²) in [5.41, 5.74) is 0.505. The number of halogens is 1. The van der Waals surface area contributed by atoms with E-state index in [1.807, 2.05) is 0 Å². The van der Waals surface area contributed by atoms with Gasteiger partial charge in [-0.2, -0.15) is 0 Å². The molecule has 0 amide bonds. The summed E-state index contributed by atoms with van der Waals surface area (Å²) in [5.74, 6) is 6.86. The molecule has 0 aliphatic heterocycles. The van der Waals surface area contributed by atoms with E-state index in [4.69, 9.17) is 9.84 Å². The Kier molecular flexibility index (Phi) is 5.03. The molecule has 0 saturated heterocycles. The van der Waals surface area contributed by atoms with Crippen molar-refractivity contribution in [3.63, 3.8) is 0 Å². The third-order valence-electron chi connectivity index (χ3n) is 3.67. The smallest absolute Gasteiger partial charge is 0.135 e. The summed E-state index contributed by atoms with van der Waals surface area (Å²) in [4.78, 5) is 0. The fourth-order valence-electron chi connectivity index (χ4n) is 2.99. The molecule has 0 heterocycles. The predicted molar refractivity (Wildman–Crippen MR) is 77.0 cm³/mol. The molecular formula is C17H21FO2. The third kappa shape index (κ3) is 3.98. The number of benzene rings is 1. The van der Waals surface area contributed by atoms with Crippen molar-refractivity contribution in [3.8, 4) is 17.6 Å². The van der Waals surface area contributed by atoms with Crippen molar-refractivity contribution >= 4 is 0 Å². The Hall–Kier alpha value is -1.53. The van der Waals surface area contributed by atoms with Gasteiger partial charge >= 0.3 is 0 Å². The van der Waals surface area contributed by atoms with Crippen LogP contribution in [0.15, 0.2) is 18.2 Å². The Morgan fingerprint density at radius 2 is 1.95 bits per heavy atom. The average Bonchev–Trinajstić information content (AvgIpc) is 2.38. The Balaban J connectivity index is 2.16. The van der Waals surface area contributed by atoms with Gasteiger partial charge in [0.25, 0.3) is 0 Å². The first-order valence-corrected chi connectivity index (χ1v) is 7.14. The Morgan fingerprint density at radius 1 is 1.25 bits per heavy atom. The van der Waals surface area contributed by atoms with Gasteiger partial charge < -0.3 is 9.84 Å². The zero-order chi connectivity index (χ0) is 14.5. The molecule has 0 aromatic heterocycles.